The summed E-state index contributed by atoms with van der Waals surface area (Å²) in [6.07, 6.45) is 4.19. The number of methoxy groups -OCH3 is 1. The summed E-state index contributed by atoms with van der Waals surface area (Å²) < 4.78 is 5.61. The van der Waals surface area contributed by atoms with Gasteiger partial charge in [-0.25, -0.2) is 0 Å². The molecular weight excluding hydrogens is 226 g/mol. The molecule has 0 bridgehead atoms. The third-order valence-electron chi connectivity index (χ3n) is 3.75. The lowest BCUT2D eigenvalue weighted by molar-refractivity contribution is -0.00466. The summed E-state index contributed by atoms with van der Waals surface area (Å²) in [6.45, 7) is 6.11. The van der Waals surface area contributed by atoms with Crippen molar-refractivity contribution in [3.8, 4) is 0 Å². The van der Waals surface area contributed by atoms with Crippen molar-refractivity contribution in [2.45, 2.75) is 38.3 Å². The van der Waals surface area contributed by atoms with Crippen molar-refractivity contribution in [3.63, 3.8) is 0 Å². The third-order valence-corrected chi connectivity index (χ3v) is 3.75. The molecule has 4 nitrogen and oxygen atoms in total. The molecule has 2 N–H and O–H groups in total. The molecule has 0 saturated carbocycles. The van der Waals surface area contributed by atoms with E-state index in [1.165, 1.54) is 0 Å². The van der Waals surface area contributed by atoms with Crippen molar-refractivity contribution >= 4 is 5.69 Å². The highest BCUT2D eigenvalue weighted by Gasteiger charge is 2.30. The first-order valence-corrected chi connectivity index (χ1v) is 6.56. The Kier molecular flexibility index (Phi) is 3.88. The quantitative estimate of drug-likeness (QED) is 0.891. The van der Waals surface area contributed by atoms with E-state index in [2.05, 4.69) is 22.9 Å². The molecule has 2 rings (SSSR count). The van der Waals surface area contributed by atoms with Gasteiger partial charge in [0.15, 0.2) is 0 Å². The standard InChI is InChI=1S/C14H23N3O/c1-11(15)13-6-5-12(9-16-13)17-8-4-7-14(2,10-17)18-3/h5-6,9,11H,4,7-8,10,15H2,1-3H3. The number of anilines is 1. The van der Waals surface area contributed by atoms with Gasteiger partial charge < -0.3 is 15.4 Å². The number of pyridine rings is 1. The highest BCUT2D eigenvalue weighted by molar-refractivity contribution is 5.45. The Hall–Kier alpha value is -1.13. The Morgan fingerprint density at radius 1 is 1.50 bits per heavy atom. The number of hydrogen-bond donors (Lipinski definition) is 1. The smallest absolute Gasteiger partial charge is 0.0825 e. The lowest BCUT2D eigenvalue weighted by Gasteiger charge is -2.40. The van der Waals surface area contributed by atoms with E-state index in [1.807, 2.05) is 19.2 Å². The topological polar surface area (TPSA) is 51.4 Å². The van der Waals surface area contributed by atoms with Crippen LogP contribution in [0.5, 0.6) is 0 Å². The molecule has 2 heterocycles. The Balaban J connectivity index is 2.11. The van der Waals surface area contributed by atoms with Crippen molar-refractivity contribution in [2.75, 3.05) is 25.1 Å². The molecular formula is C14H23N3O. The maximum absolute atomic E-state index is 5.81. The monoisotopic (exact) mass is 249 g/mol. The van der Waals surface area contributed by atoms with Crippen LogP contribution in [0.1, 0.15) is 38.4 Å². The second kappa shape index (κ2) is 5.24. The van der Waals surface area contributed by atoms with Crippen LogP contribution in [0.3, 0.4) is 0 Å². The Morgan fingerprint density at radius 3 is 2.83 bits per heavy atom. The van der Waals surface area contributed by atoms with Crippen LogP contribution in [0.25, 0.3) is 0 Å². The van der Waals surface area contributed by atoms with Gasteiger partial charge >= 0.3 is 0 Å². The first kappa shape index (κ1) is 13.3. The van der Waals surface area contributed by atoms with Crippen LogP contribution in [-0.2, 0) is 4.74 Å². The van der Waals surface area contributed by atoms with Gasteiger partial charge in [0.1, 0.15) is 0 Å². The molecule has 1 saturated heterocycles. The van der Waals surface area contributed by atoms with Crippen molar-refractivity contribution in [1.82, 2.24) is 4.98 Å². The number of ether oxygens (including phenoxy) is 1. The minimum atomic E-state index is -0.0436. The predicted molar refractivity (Wildman–Crippen MR) is 73.7 cm³/mol. The molecule has 18 heavy (non-hydrogen) atoms. The summed E-state index contributed by atoms with van der Waals surface area (Å²) in [6, 6.07) is 4.11. The van der Waals surface area contributed by atoms with Crippen LogP contribution in [0, 0.1) is 0 Å². The van der Waals surface area contributed by atoms with Crippen LogP contribution in [0.4, 0.5) is 5.69 Å². The molecule has 4 heteroatoms. The fraction of sp³-hybridized carbons (Fsp3) is 0.643. The van der Waals surface area contributed by atoms with Gasteiger partial charge in [-0.15, -0.1) is 0 Å². The van der Waals surface area contributed by atoms with E-state index in [4.69, 9.17) is 10.5 Å². The van der Waals surface area contributed by atoms with E-state index < -0.39 is 0 Å². The van der Waals surface area contributed by atoms with Gasteiger partial charge in [0.05, 0.1) is 23.2 Å². The lowest BCUT2D eigenvalue weighted by Crippen LogP contribution is -2.47. The number of hydrogen-bond acceptors (Lipinski definition) is 4. The average Bonchev–Trinajstić information content (AvgIpc) is 2.39. The van der Waals surface area contributed by atoms with Gasteiger partial charge in [0, 0.05) is 26.2 Å². The second-order valence-corrected chi connectivity index (χ2v) is 5.41. The summed E-state index contributed by atoms with van der Waals surface area (Å²) in [5, 5.41) is 0. The molecule has 1 aliphatic heterocycles. The van der Waals surface area contributed by atoms with Gasteiger partial charge in [0.2, 0.25) is 0 Å². The maximum Gasteiger partial charge on any atom is 0.0825 e. The summed E-state index contributed by atoms with van der Waals surface area (Å²) in [4.78, 5) is 6.76. The van der Waals surface area contributed by atoms with E-state index in [9.17, 15) is 0 Å². The molecule has 1 fully saturated rings. The molecule has 0 amide bonds. The molecule has 1 aliphatic rings. The van der Waals surface area contributed by atoms with Gasteiger partial charge in [-0.05, 0) is 38.8 Å². The van der Waals surface area contributed by atoms with E-state index >= 15 is 0 Å². The zero-order chi connectivity index (χ0) is 13.2. The fourth-order valence-corrected chi connectivity index (χ4v) is 2.45. The van der Waals surface area contributed by atoms with Gasteiger partial charge in [0.25, 0.3) is 0 Å². The van der Waals surface area contributed by atoms with Crippen LogP contribution in [-0.4, -0.2) is 30.8 Å². The van der Waals surface area contributed by atoms with Crippen molar-refractivity contribution in [1.29, 1.82) is 0 Å². The van der Waals surface area contributed by atoms with Crippen molar-refractivity contribution in [2.24, 2.45) is 5.73 Å². The van der Waals surface area contributed by atoms with Gasteiger partial charge in [-0.1, -0.05) is 0 Å². The molecule has 1 aromatic heterocycles. The predicted octanol–water partition coefficient (Wildman–Crippen LogP) is 2.11. The largest absolute Gasteiger partial charge is 0.377 e. The molecule has 2 unspecified atom stereocenters. The Morgan fingerprint density at radius 2 is 2.28 bits per heavy atom. The maximum atomic E-state index is 5.81. The van der Waals surface area contributed by atoms with Gasteiger partial charge in [-0.3, -0.25) is 4.98 Å². The molecule has 0 aliphatic carbocycles. The van der Waals surface area contributed by atoms with Crippen LogP contribution in [0.15, 0.2) is 18.3 Å². The molecule has 0 aromatic carbocycles. The Bertz CT molecular complexity index is 391. The van der Waals surface area contributed by atoms with Crippen LogP contribution < -0.4 is 10.6 Å². The number of nitrogens with two attached hydrogens (primary N) is 1. The average molecular weight is 249 g/mol. The highest BCUT2D eigenvalue weighted by atomic mass is 16.5. The molecule has 100 valence electrons. The number of aromatic nitrogens is 1. The van der Waals surface area contributed by atoms with Crippen molar-refractivity contribution < 1.29 is 4.74 Å². The molecule has 0 radical (unpaired) electrons. The normalized spacial score (nSPS) is 26.1. The zero-order valence-electron chi connectivity index (χ0n) is 11.5. The summed E-state index contributed by atoms with van der Waals surface area (Å²) in [5.74, 6) is 0. The van der Waals surface area contributed by atoms with Crippen LogP contribution in [0.2, 0.25) is 0 Å². The van der Waals surface area contributed by atoms with Crippen LogP contribution >= 0.6 is 0 Å². The zero-order valence-corrected chi connectivity index (χ0v) is 11.5. The summed E-state index contributed by atoms with van der Waals surface area (Å²) in [5.41, 5.74) is 7.86. The minimum absolute atomic E-state index is 0.00959. The Labute approximate surface area is 109 Å². The van der Waals surface area contributed by atoms with E-state index in [0.717, 1.165) is 37.3 Å². The molecule has 2 atom stereocenters. The molecule has 1 aromatic rings. The first-order chi connectivity index (χ1) is 8.54. The van der Waals surface area contributed by atoms with E-state index in [0.29, 0.717) is 0 Å². The summed E-state index contributed by atoms with van der Waals surface area (Å²) in [7, 11) is 1.79. The number of rotatable bonds is 3. The fourth-order valence-electron chi connectivity index (χ4n) is 2.45. The third kappa shape index (κ3) is 2.82. The SMILES string of the molecule is COC1(C)CCCN(c2ccc(C(C)N)nc2)C1. The van der Waals surface area contributed by atoms with Crippen molar-refractivity contribution in [3.05, 3.63) is 24.0 Å². The second-order valence-electron chi connectivity index (χ2n) is 5.41. The molecule has 0 spiro atoms. The van der Waals surface area contributed by atoms with E-state index in [-0.39, 0.29) is 11.6 Å². The highest BCUT2D eigenvalue weighted by Crippen LogP contribution is 2.27. The minimum Gasteiger partial charge on any atom is -0.377 e. The number of piperidine rings is 1. The lowest BCUT2D eigenvalue weighted by atomic mass is 9.94. The van der Waals surface area contributed by atoms with E-state index in [1.54, 1.807) is 7.11 Å². The van der Waals surface area contributed by atoms with Gasteiger partial charge in [-0.2, -0.15) is 0 Å². The first-order valence-electron chi connectivity index (χ1n) is 6.56. The summed E-state index contributed by atoms with van der Waals surface area (Å²) >= 11 is 0. The number of nitrogens with zero attached hydrogens (tertiary/aromatic N) is 2.